The first kappa shape index (κ1) is 15.5. The zero-order valence-electron chi connectivity index (χ0n) is 13.4. The summed E-state index contributed by atoms with van der Waals surface area (Å²) in [5, 5.41) is 3.82. The number of nitrogens with zero attached hydrogens (tertiary/aromatic N) is 1. The van der Waals surface area contributed by atoms with Crippen molar-refractivity contribution in [2.75, 3.05) is 26.2 Å². The molecule has 0 saturated carbocycles. The maximum atomic E-state index is 3.82. The molecule has 1 aromatic carbocycles. The molecule has 2 heteroatoms. The Kier molecular flexibility index (Phi) is 5.62. The first-order valence-corrected chi connectivity index (χ1v) is 8.13. The van der Waals surface area contributed by atoms with Crippen molar-refractivity contribution in [2.24, 2.45) is 0 Å². The van der Waals surface area contributed by atoms with Crippen LogP contribution in [0.2, 0.25) is 0 Å². The highest BCUT2D eigenvalue weighted by molar-refractivity contribution is 5.23. The molecule has 1 aliphatic rings. The fraction of sp³-hybridized carbons (Fsp3) is 0.667. The number of benzene rings is 1. The Hall–Kier alpha value is -0.860. The van der Waals surface area contributed by atoms with Crippen LogP contribution in [0.4, 0.5) is 0 Å². The standard InChI is InChI=1S/C18H30N2/c1-4-20-13-8-11-17(12-14-20)19-15-18(2,3)16-9-6-5-7-10-16/h5-7,9-10,17,19H,4,8,11-15H2,1-3H3. The molecule has 0 aliphatic carbocycles. The number of hydrogen-bond donors (Lipinski definition) is 1. The van der Waals surface area contributed by atoms with Crippen LogP contribution in [-0.2, 0) is 5.41 Å². The quantitative estimate of drug-likeness (QED) is 0.885. The Morgan fingerprint density at radius 2 is 1.90 bits per heavy atom. The molecule has 1 N–H and O–H groups in total. The molecule has 0 aromatic heterocycles. The smallest absolute Gasteiger partial charge is 0.00800 e. The number of hydrogen-bond acceptors (Lipinski definition) is 2. The summed E-state index contributed by atoms with van der Waals surface area (Å²) in [6, 6.07) is 11.6. The zero-order valence-corrected chi connectivity index (χ0v) is 13.4. The lowest BCUT2D eigenvalue weighted by atomic mass is 9.84. The van der Waals surface area contributed by atoms with Crippen molar-refractivity contribution in [1.29, 1.82) is 0 Å². The van der Waals surface area contributed by atoms with Crippen LogP contribution in [0.3, 0.4) is 0 Å². The molecule has 1 saturated heterocycles. The maximum absolute atomic E-state index is 3.82. The van der Waals surface area contributed by atoms with E-state index in [9.17, 15) is 0 Å². The van der Waals surface area contributed by atoms with Gasteiger partial charge in [-0.25, -0.2) is 0 Å². The van der Waals surface area contributed by atoms with Crippen LogP contribution in [-0.4, -0.2) is 37.1 Å². The van der Waals surface area contributed by atoms with Gasteiger partial charge in [-0.3, -0.25) is 0 Å². The van der Waals surface area contributed by atoms with Crippen molar-refractivity contribution in [3.8, 4) is 0 Å². The molecular weight excluding hydrogens is 244 g/mol. The second kappa shape index (κ2) is 7.24. The SMILES string of the molecule is CCN1CCCC(NCC(C)(C)c2ccccc2)CC1. The van der Waals surface area contributed by atoms with Crippen LogP contribution in [0, 0.1) is 0 Å². The summed E-state index contributed by atoms with van der Waals surface area (Å²) in [4.78, 5) is 2.57. The monoisotopic (exact) mass is 274 g/mol. The zero-order chi connectivity index (χ0) is 14.4. The Balaban J connectivity index is 1.85. The fourth-order valence-electron chi connectivity index (χ4n) is 3.07. The summed E-state index contributed by atoms with van der Waals surface area (Å²) in [6.45, 7) is 11.7. The van der Waals surface area contributed by atoms with Crippen LogP contribution in [0.1, 0.15) is 45.6 Å². The molecular formula is C18H30N2. The van der Waals surface area contributed by atoms with Crippen molar-refractivity contribution in [2.45, 2.75) is 51.5 Å². The highest BCUT2D eigenvalue weighted by Crippen LogP contribution is 2.22. The maximum Gasteiger partial charge on any atom is 0.00800 e. The van der Waals surface area contributed by atoms with Gasteiger partial charge in [-0.1, -0.05) is 51.1 Å². The van der Waals surface area contributed by atoms with Gasteiger partial charge in [0, 0.05) is 18.0 Å². The van der Waals surface area contributed by atoms with Crippen molar-refractivity contribution in [3.63, 3.8) is 0 Å². The summed E-state index contributed by atoms with van der Waals surface area (Å²) in [7, 11) is 0. The molecule has 1 aliphatic heterocycles. The third kappa shape index (κ3) is 4.32. The summed E-state index contributed by atoms with van der Waals surface area (Å²) in [5.41, 5.74) is 1.63. The highest BCUT2D eigenvalue weighted by atomic mass is 15.1. The Morgan fingerprint density at radius 1 is 1.15 bits per heavy atom. The molecule has 0 radical (unpaired) electrons. The van der Waals surface area contributed by atoms with Crippen LogP contribution in [0.5, 0.6) is 0 Å². The first-order valence-electron chi connectivity index (χ1n) is 8.13. The van der Waals surface area contributed by atoms with E-state index < -0.39 is 0 Å². The van der Waals surface area contributed by atoms with E-state index in [1.807, 2.05) is 0 Å². The average molecular weight is 274 g/mol. The minimum Gasteiger partial charge on any atom is -0.313 e. The lowest BCUT2D eigenvalue weighted by molar-refractivity contribution is 0.295. The van der Waals surface area contributed by atoms with Gasteiger partial charge < -0.3 is 10.2 Å². The second-order valence-corrected chi connectivity index (χ2v) is 6.69. The summed E-state index contributed by atoms with van der Waals surface area (Å²) in [6.07, 6.45) is 3.94. The van der Waals surface area contributed by atoms with Crippen LogP contribution in [0.15, 0.2) is 30.3 Å². The van der Waals surface area contributed by atoms with Gasteiger partial charge >= 0.3 is 0 Å². The van der Waals surface area contributed by atoms with Crippen LogP contribution >= 0.6 is 0 Å². The Morgan fingerprint density at radius 3 is 2.60 bits per heavy atom. The molecule has 112 valence electrons. The Labute approximate surface area is 124 Å². The molecule has 20 heavy (non-hydrogen) atoms. The van der Waals surface area contributed by atoms with Crippen molar-refractivity contribution in [3.05, 3.63) is 35.9 Å². The van der Waals surface area contributed by atoms with Gasteiger partial charge in [0.25, 0.3) is 0 Å². The van der Waals surface area contributed by atoms with E-state index in [1.54, 1.807) is 0 Å². The molecule has 1 aromatic rings. The number of nitrogens with one attached hydrogen (secondary N) is 1. The van der Waals surface area contributed by atoms with E-state index in [2.05, 4.69) is 61.3 Å². The second-order valence-electron chi connectivity index (χ2n) is 6.69. The lowest BCUT2D eigenvalue weighted by Gasteiger charge is -2.28. The summed E-state index contributed by atoms with van der Waals surface area (Å²) in [5.74, 6) is 0. The van der Waals surface area contributed by atoms with Gasteiger partial charge in [-0.15, -0.1) is 0 Å². The molecule has 1 unspecified atom stereocenters. The van der Waals surface area contributed by atoms with Gasteiger partial charge in [0.05, 0.1) is 0 Å². The van der Waals surface area contributed by atoms with E-state index in [1.165, 1.54) is 44.5 Å². The van der Waals surface area contributed by atoms with Gasteiger partial charge in [0.2, 0.25) is 0 Å². The van der Waals surface area contributed by atoms with Crippen molar-refractivity contribution in [1.82, 2.24) is 10.2 Å². The van der Waals surface area contributed by atoms with E-state index in [0.717, 1.165) is 6.54 Å². The molecule has 0 spiro atoms. The minimum atomic E-state index is 0.206. The molecule has 1 atom stereocenters. The number of rotatable bonds is 5. The average Bonchev–Trinajstić information content (AvgIpc) is 2.71. The predicted octanol–water partition coefficient (Wildman–Crippen LogP) is 3.43. The summed E-state index contributed by atoms with van der Waals surface area (Å²) >= 11 is 0. The molecule has 2 nitrogen and oxygen atoms in total. The fourth-order valence-corrected chi connectivity index (χ4v) is 3.07. The number of likely N-dealkylation sites (tertiary alicyclic amines) is 1. The molecule has 1 heterocycles. The van der Waals surface area contributed by atoms with Crippen molar-refractivity contribution < 1.29 is 0 Å². The topological polar surface area (TPSA) is 15.3 Å². The van der Waals surface area contributed by atoms with E-state index in [0.29, 0.717) is 6.04 Å². The molecule has 0 bridgehead atoms. The largest absolute Gasteiger partial charge is 0.313 e. The van der Waals surface area contributed by atoms with Gasteiger partial charge in [-0.05, 0) is 44.5 Å². The third-order valence-corrected chi connectivity index (χ3v) is 4.66. The highest BCUT2D eigenvalue weighted by Gasteiger charge is 2.22. The van der Waals surface area contributed by atoms with Gasteiger partial charge in [-0.2, -0.15) is 0 Å². The third-order valence-electron chi connectivity index (χ3n) is 4.66. The van der Waals surface area contributed by atoms with Crippen LogP contribution in [0.25, 0.3) is 0 Å². The minimum absolute atomic E-state index is 0.206. The van der Waals surface area contributed by atoms with E-state index in [4.69, 9.17) is 0 Å². The normalized spacial score (nSPS) is 21.6. The summed E-state index contributed by atoms with van der Waals surface area (Å²) < 4.78 is 0. The van der Waals surface area contributed by atoms with E-state index >= 15 is 0 Å². The first-order chi connectivity index (χ1) is 9.62. The Bertz CT molecular complexity index is 386. The molecule has 0 amide bonds. The van der Waals surface area contributed by atoms with Gasteiger partial charge in [0.15, 0.2) is 0 Å². The van der Waals surface area contributed by atoms with Crippen molar-refractivity contribution >= 4 is 0 Å². The van der Waals surface area contributed by atoms with Crippen LogP contribution < -0.4 is 5.32 Å². The van der Waals surface area contributed by atoms with E-state index in [-0.39, 0.29) is 5.41 Å². The molecule has 1 fully saturated rings. The predicted molar refractivity (Wildman–Crippen MR) is 87.2 cm³/mol. The lowest BCUT2D eigenvalue weighted by Crippen LogP contribution is -2.39. The molecule has 2 rings (SSSR count). The van der Waals surface area contributed by atoms with Gasteiger partial charge in [0.1, 0.15) is 0 Å².